The van der Waals surface area contributed by atoms with Crippen molar-refractivity contribution in [3.05, 3.63) is 63.9 Å². The summed E-state index contributed by atoms with van der Waals surface area (Å²) >= 11 is 9.60. The molecule has 0 aliphatic carbocycles. The number of amides is 1. The Morgan fingerprint density at radius 1 is 1.33 bits per heavy atom. The van der Waals surface area contributed by atoms with Crippen molar-refractivity contribution in [2.24, 2.45) is 0 Å². The van der Waals surface area contributed by atoms with Crippen molar-refractivity contribution in [3.63, 3.8) is 0 Å². The van der Waals surface area contributed by atoms with E-state index in [1.807, 2.05) is 18.2 Å². The minimum absolute atomic E-state index is 0.0806. The number of anilines is 1. The molecule has 1 aliphatic rings. The number of benzene rings is 2. The normalized spacial score (nSPS) is 15.2. The summed E-state index contributed by atoms with van der Waals surface area (Å²) in [5.41, 5.74) is 3.53. The monoisotopic (exact) mass is 367 g/mol. The van der Waals surface area contributed by atoms with Crippen LogP contribution in [-0.2, 0) is 11.2 Å². The molecule has 0 fully saturated rings. The van der Waals surface area contributed by atoms with E-state index in [2.05, 4.69) is 15.9 Å². The third-order valence-corrected chi connectivity index (χ3v) is 5.15. The van der Waals surface area contributed by atoms with E-state index in [4.69, 9.17) is 11.6 Å². The molecule has 5 heteroatoms. The fourth-order valence-electron chi connectivity index (χ4n) is 2.54. The van der Waals surface area contributed by atoms with Gasteiger partial charge < -0.3 is 4.90 Å². The van der Waals surface area contributed by atoms with Crippen LogP contribution in [0.2, 0.25) is 5.02 Å². The third-order valence-electron chi connectivity index (χ3n) is 3.73. The standard InChI is InChI=1S/C16H12BrClFNO/c1-20-13-6-5-9(7-10(13)8-14(20)21)15(17)11-3-2-4-12(19)16(11)18/h2-7,15H,8H2,1H3. The Bertz CT molecular complexity index is 734. The largest absolute Gasteiger partial charge is 0.315 e. The van der Waals surface area contributed by atoms with Gasteiger partial charge in [0.1, 0.15) is 5.82 Å². The highest BCUT2D eigenvalue weighted by atomic mass is 79.9. The van der Waals surface area contributed by atoms with Gasteiger partial charge in [-0.15, -0.1) is 0 Å². The van der Waals surface area contributed by atoms with Crippen LogP contribution in [0.25, 0.3) is 0 Å². The molecule has 21 heavy (non-hydrogen) atoms. The summed E-state index contributed by atoms with van der Waals surface area (Å²) in [7, 11) is 1.77. The average Bonchev–Trinajstić information content (AvgIpc) is 2.76. The van der Waals surface area contributed by atoms with Gasteiger partial charge in [-0.2, -0.15) is 0 Å². The predicted molar refractivity (Wildman–Crippen MR) is 85.7 cm³/mol. The summed E-state index contributed by atoms with van der Waals surface area (Å²) in [5, 5.41) is 0.119. The topological polar surface area (TPSA) is 20.3 Å². The molecule has 1 unspecified atom stereocenters. The molecule has 0 saturated heterocycles. The highest BCUT2D eigenvalue weighted by Gasteiger charge is 2.25. The molecule has 108 valence electrons. The fourth-order valence-corrected chi connectivity index (χ4v) is 3.58. The second-order valence-electron chi connectivity index (χ2n) is 5.02. The average molecular weight is 369 g/mol. The Morgan fingerprint density at radius 2 is 2.10 bits per heavy atom. The Balaban J connectivity index is 2.00. The molecule has 1 aliphatic heterocycles. The van der Waals surface area contributed by atoms with Crippen LogP contribution in [0.4, 0.5) is 10.1 Å². The Kier molecular flexibility index (Phi) is 3.76. The van der Waals surface area contributed by atoms with Crippen LogP contribution in [-0.4, -0.2) is 13.0 Å². The molecule has 0 saturated carbocycles. The number of hydrogen-bond donors (Lipinski definition) is 0. The van der Waals surface area contributed by atoms with Gasteiger partial charge in [-0.05, 0) is 28.8 Å². The van der Waals surface area contributed by atoms with E-state index >= 15 is 0 Å². The van der Waals surface area contributed by atoms with E-state index in [1.54, 1.807) is 24.1 Å². The zero-order valence-corrected chi connectivity index (χ0v) is 13.6. The number of carbonyl (C=O) groups excluding carboxylic acids is 1. The first-order chi connectivity index (χ1) is 9.99. The number of carbonyl (C=O) groups is 1. The van der Waals surface area contributed by atoms with Crippen LogP contribution < -0.4 is 4.90 Å². The van der Waals surface area contributed by atoms with Crippen LogP contribution >= 0.6 is 27.5 Å². The van der Waals surface area contributed by atoms with E-state index in [0.29, 0.717) is 12.0 Å². The lowest BCUT2D eigenvalue weighted by Gasteiger charge is -2.15. The first-order valence-electron chi connectivity index (χ1n) is 6.46. The summed E-state index contributed by atoms with van der Waals surface area (Å²) in [5.74, 6) is -0.355. The molecule has 3 rings (SSSR count). The van der Waals surface area contributed by atoms with E-state index < -0.39 is 5.82 Å². The van der Waals surface area contributed by atoms with Gasteiger partial charge in [0.2, 0.25) is 5.91 Å². The number of nitrogens with zero attached hydrogens (tertiary/aromatic N) is 1. The van der Waals surface area contributed by atoms with Gasteiger partial charge in [0.05, 0.1) is 16.3 Å². The lowest BCUT2D eigenvalue weighted by Crippen LogP contribution is -2.20. The smallest absolute Gasteiger partial charge is 0.231 e. The summed E-state index contributed by atoms with van der Waals surface area (Å²) in [6.45, 7) is 0. The molecule has 1 heterocycles. The molecule has 0 aromatic heterocycles. The van der Waals surface area contributed by atoms with E-state index in [9.17, 15) is 9.18 Å². The van der Waals surface area contributed by atoms with Crippen LogP contribution in [0.15, 0.2) is 36.4 Å². The van der Waals surface area contributed by atoms with Crippen molar-refractivity contribution in [1.29, 1.82) is 0 Å². The number of rotatable bonds is 2. The Morgan fingerprint density at radius 3 is 2.86 bits per heavy atom. The number of alkyl halides is 1. The number of fused-ring (bicyclic) bond motifs is 1. The molecule has 0 N–H and O–H groups in total. The van der Waals surface area contributed by atoms with E-state index in [0.717, 1.165) is 16.8 Å². The van der Waals surface area contributed by atoms with Crippen LogP contribution in [0.3, 0.4) is 0 Å². The minimum atomic E-state index is -0.435. The Labute approximate surface area is 135 Å². The molecule has 1 amide bonds. The maximum Gasteiger partial charge on any atom is 0.231 e. The van der Waals surface area contributed by atoms with Gasteiger partial charge in [0.15, 0.2) is 0 Å². The third kappa shape index (κ3) is 2.47. The maximum atomic E-state index is 13.6. The van der Waals surface area contributed by atoms with Crippen molar-refractivity contribution in [2.75, 3.05) is 11.9 Å². The van der Waals surface area contributed by atoms with Crippen molar-refractivity contribution in [1.82, 2.24) is 0 Å². The number of likely N-dealkylation sites (N-methyl/N-ethyl adjacent to an activating group) is 1. The molecular formula is C16H12BrClFNO. The molecule has 1 atom stereocenters. The van der Waals surface area contributed by atoms with Crippen molar-refractivity contribution in [2.45, 2.75) is 11.2 Å². The van der Waals surface area contributed by atoms with Crippen molar-refractivity contribution < 1.29 is 9.18 Å². The minimum Gasteiger partial charge on any atom is -0.315 e. The van der Waals surface area contributed by atoms with E-state index in [-0.39, 0.29) is 15.8 Å². The van der Waals surface area contributed by atoms with E-state index in [1.165, 1.54) is 6.07 Å². The van der Waals surface area contributed by atoms with Crippen molar-refractivity contribution in [3.8, 4) is 0 Å². The lowest BCUT2D eigenvalue weighted by molar-refractivity contribution is -0.117. The summed E-state index contributed by atoms with van der Waals surface area (Å²) < 4.78 is 13.6. The van der Waals surface area contributed by atoms with Gasteiger partial charge in [-0.1, -0.05) is 51.8 Å². The van der Waals surface area contributed by atoms with Gasteiger partial charge in [-0.3, -0.25) is 4.79 Å². The predicted octanol–water partition coefficient (Wildman–Crippen LogP) is 4.48. The van der Waals surface area contributed by atoms with Crippen molar-refractivity contribution >= 4 is 39.1 Å². The molecule has 2 aromatic rings. The molecule has 0 spiro atoms. The summed E-state index contributed by atoms with van der Waals surface area (Å²) in [6.07, 6.45) is 0.399. The molecule has 0 radical (unpaired) electrons. The SMILES string of the molecule is CN1C(=O)Cc2cc(C(Br)c3cccc(F)c3Cl)ccc21. The summed E-state index contributed by atoms with van der Waals surface area (Å²) in [6, 6.07) is 10.6. The summed E-state index contributed by atoms with van der Waals surface area (Å²) in [4.78, 5) is 13.2. The zero-order chi connectivity index (χ0) is 15.1. The quantitative estimate of drug-likeness (QED) is 0.716. The van der Waals surface area contributed by atoms with Gasteiger partial charge in [0.25, 0.3) is 0 Å². The fraction of sp³-hybridized carbons (Fsp3) is 0.188. The van der Waals surface area contributed by atoms with Crippen LogP contribution in [0.5, 0.6) is 0 Å². The first-order valence-corrected chi connectivity index (χ1v) is 7.75. The second-order valence-corrected chi connectivity index (χ2v) is 6.32. The Hall–Kier alpha value is -1.39. The number of halogens is 3. The molecule has 2 aromatic carbocycles. The van der Waals surface area contributed by atoms with Gasteiger partial charge in [0, 0.05) is 12.7 Å². The lowest BCUT2D eigenvalue weighted by atomic mass is 10.0. The van der Waals surface area contributed by atoms with Gasteiger partial charge in [-0.25, -0.2) is 4.39 Å². The van der Waals surface area contributed by atoms with Crippen LogP contribution in [0, 0.1) is 5.82 Å². The highest BCUT2D eigenvalue weighted by Crippen LogP contribution is 2.39. The molecule has 2 nitrogen and oxygen atoms in total. The zero-order valence-electron chi connectivity index (χ0n) is 11.2. The van der Waals surface area contributed by atoms with Gasteiger partial charge >= 0.3 is 0 Å². The number of hydrogen-bond acceptors (Lipinski definition) is 1. The maximum absolute atomic E-state index is 13.6. The second kappa shape index (κ2) is 5.43. The first kappa shape index (κ1) is 14.5. The molecular weight excluding hydrogens is 357 g/mol. The highest BCUT2D eigenvalue weighted by molar-refractivity contribution is 9.09. The molecule has 0 bridgehead atoms. The van der Waals surface area contributed by atoms with Crippen LogP contribution in [0.1, 0.15) is 21.5 Å².